The fraction of sp³-hybridized carbons (Fsp3) is 0.364. The number of non-ortho nitro benzene ring substituents is 1. The van der Waals surface area contributed by atoms with Gasteiger partial charge in [-0.2, -0.15) is 5.26 Å². The van der Waals surface area contributed by atoms with Gasteiger partial charge in [-0.15, -0.1) is 0 Å². The largest absolute Gasteiger partial charge is 0.370 e. The molecule has 0 radical (unpaired) electrons. The average Bonchev–Trinajstić information content (AvgIpc) is 2.28. The number of hydrogen-bond acceptors (Lipinski definition) is 4. The second kappa shape index (κ2) is 5.82. The summed E-state index contributed by atoms with van der Waals surface area (Å²) in [5.74, 6) is 0. The number of nitriles is 1. The van der Waals surface area contributed by atoms with Crippen LogP contribution in [0.3, 0.4) is 0 Å². The number of nitro groups is 1. The first-order valence-electron chi connectivity index (χ1n) is 5.01. The van der Waals surface area contributed by atoms with Gasteiger partial charge in [0.15, 0.2) is 0 Å². The molecule has 0 aliphatic heterocycles. The second-order valence-corrected chi connectivity index (χ2v) is 4.88. The molecule has 0 saturated carbocycles. The maximum atomic E-state index is 10.6. The Kier molecular flexibility index (Phi) is 4.69. The van der Waals surface area contributed by atoms with Gasteiger partial charge >= 0.3 is 0 Å². The Bertz CT molecular complexity index is 470. The van der Waals surface area contributed by atoms with Crippen LogP contribution in [0.4, 0.5) is 11.4 Å². The van der Waals surface area contributed by atoms with Gasteiger partial charge in [-0.25, -0.2) is 0 Å². The smallest absolute Gasteiger partial charge is 0.270 e. The van der Waals surface area contributed by atoms with Crippen molar-refractivity contribution in [2.24, 2.45) is 0 Å². The lowest BCUT2D eigenvalue weighted by molar-refractivity contribution is -0.384. The van der Waals surface area contributed by atoms with Gasteiger partial charge in [0.2, 0.25) is 0 Å². The predicted octanol–water partition coefficient (Wildman–Crippen LogP) is 2.94. The molecule has 1 aromatic rings. The molecule has 0 N–H and O–H groups in total. The Morgan fingerprint density at radius 1 is 1.65 bits per heavy atom. The van der Waals surface area contributed by atoms with E-state index in [0.29, 0.717) is 6.42 Å². The van der Waals surface area contributed by atoms with Crippen molar-refractivity contribution in [3.05, 3.63) is 31.9 Å². The van der Waals surface area contributed by atoms with E-state index in [0.717, 1.165) is 9.26 Å². The summed E-state index contributed by atoms with van der Waals surface area (Å²) in [5, 5.41) is 19.3. The summed E-state index contributed by atoms with van der Waals surface area (Å²) in [6.07, 6.45) is 0.420. The lowest BCUT2D eigenvalue weighted by Crippen LogP contribution is -2.28. The highest BCUT2D eigenvalue weighted by Crippen LogP contribution is 2.27. The van der Waals surface area contributed by atoms with E-state index in [9.17, 15) is 10.1 Å². The van der Waals surface area contributed by atoms with Crippen molar-refractivity contribution in [1.82, 2.24) is 0 Å². The van der Waals surface area contributed by atoms with Crippen molar-refractivity contribution in [3.63, 3.8) is 0 Å². The molecule has 0 heterocycles. The van der Waals surface area contributed by atoms with Gasteiger partial charge in [0.25, 0.3) is 5.69 Å². The van der Waals surface area contributed by atoms with E-state index in [4.69, 9.17) is 5.26 Å². The molecule has 1 aromatic carbocycles. The minimum absolute atomic E-state index is 0.0787. The van der Waals surface area contributed by atoms with Crippen molar-refractivity contribution < 1.29 is 4.92 Å². The third-order valence-corrected chi connectivity index (χ3v) is 3.43. The van der Waals surface area contributed by atoms with Crippen molar-refractivity contribution in [2.75, 3.05) is 11.9 Å². The van der Waals surface area contributed by atoms with E-state index in [1.807, 2.05) is 18.9 Å². The highest BCUT2D eigenvalue weighted by molar-refractivity contribution is 14.1. The van der Waals surface area contributed by atoms with Gasteiger partial charge in [-0.1, -0.05) is 0 Å². The van der Waals surface area contributed by atoms with E-state index in [-0.39, 0.29) is 11.7 Å². The zero-order chi connectivity index (χ0) is 13.0. The van der Waals surface area contributed by atoms with Crippen LogP contribution >= 0.6 is 22.6 Å². The van der Waals surface area contributed by atoms with Crippen LogP contribution in [0, 0.1) is 25.0 Å². The molecule has 0 aliphatic rings. The molecule has 0 aliphatic carbocycles. The molecule has 17 heavy (non-hydrogen) atoms. The van der Waals surface area contributed by atoms with E-state index < -0.39 is 4.92 Å². The first-order valence-corrected chi connectivity index (χ1v) is 6.09. The van der Waals surface area contributed by atoms with Crippen LogP contribution in [0.15, 0.2) is 18.2 Å². The molecular formula is C11H12IN3O2. The molecule has 0 amide bonds. The molecule has 0 saturated heterocycles. The topological polar surface area (TPSA) is 70.2 Å². The quantitative estimate of drug-likeness (QED) is 0.478. The average molecular weight is 345 g/mol. The normalized spacial score (nSPS) is 11.6. The van der Waals surface area contributed by atoms with E-state index >= 15 is 0 Å². The van der Waals surface area contributed by atoms with Gasteiger partial charge < -0.3 is 4.90 Å². The summed E-state index contributed by atoms with van der Waals surface area (Å²) in [4.78, 5) is 12.2. The van der Waals surface area contributed by atoms with Crippen LogP contribution in [0.1, 0.15) is 13.3 Å². The molecule has 90 valence electrons. The van der Waals surface area contributed by atoms with Crippen molar-refractivity contribution >= 4 is 34.0 Å². The Balaban J connectivity index is 3.00. The van der Waals surface area contributed by atoms with Gasteiger partial charge in [0, 0.05) is 28.8 Å². The molecule has 0 spiro atoms. The van der Waals surface area contributed by atoms with Crippen LogP contribution in [0.5, 0.6) is 0 Å². The van der Waals surface area contributed by atoms with Crippen LogP contribution < -0.4 is 4.90 Å². The highest BCUT2D eigenvalue weighted by atomic mass is 127. The van der Waals surface area contributed by atoms with Gasteiger partial charge in [0.1, 0.15) is 0 Å². The standard InChI is InChI=1S/C11H12IN3O2/c1-8(5-6-13)14(2)11-4-3-9(15(16)17)7-10(11)12/h3-4,7-8H,5H2,1-2H3. The fourth-order valence-corrected chi connectivity index (χ4v) is 2.28. The lowest BCUT2D eigenvalue weighted by atomic mass is 10.2. The predicted molar refractivity (Wildman–Crippen MR) is 73.9 cm³/mol. The third kappa shape index (κ3) is 3.30. The van der Waals surface area contributed by atoms with Crippen molar-refractivity contribution in [2.45, 2.75) is 19.4 Å². The number of hydrogen-bond donors (Lipinski definition) is 0. The van der Waals surface area contributed by atoms with Crippen molar-refractivity contribution in [1.29, 1.82) is 5.26 Å². The molecule has 0 fully saturated rings. The molecule has 1 atom stereocenters. The molecule has 0 aromatic heterocycles. The summed E-state index contributed by atoms with van der Waals surface area (Å²) in [5.41, 5.74) is 0.985. The maximum absolute atomic E-state index is 10.6. The number of rotatable bonds is 4. The Hall–Kier alpha value is -1.36. The summed E-state index contributed by atoms with van der Waals surface area (Å²) < 4.78 is 0.809. The first-order chi connectivity index (χ1) is 7.97. The molecule has 5 nitrogen and oxygen atoms in total. The lowest BCUT2D eigenvalue weighted by Gasteiger charge is -2.26. The summed E-state index contributed by atoms with van der Waals surface area (Å²) >= 11 is 2.07. The zero-order valence-electron chi connectivity index (χ0n) is 9.55. The zero-order valence-corrected chi connectivity index (χ0v) is 11.7. The monoisotopic (exact) mass is 345 g/mol. The number of anilines is 1. The Morgan fingerprint density at radius 3 is 2.76 bits per heavy atom. The highest BCUT2D eigenvalue weighted by Gasteiger charge is 2.15. The van der Waals surface area contributed by atoms with Crippen LogP contribution in [0.25, 0.3) is 0 Å². The maximum Gasteiger partial charge on any atom is 0.270 e. The molecule has 0 bridgehead atoms. The Labute approximate surface area is 113 Å². The Morgan fingerprint density at radius 2 is 2.29 bits per heavy atom. The third-order valence-electron chi connectivity index (χ3n) is 2.57. The van der Waals surface area contributed by atoms with Crippen LogP contribution in [-0.2, 0) is 0 Å². The molecule has 1 rings (SSSR count). The van der Waals surface area contributed by atoms with Gasteiger partial charge in [-0.05, 0) is 35.6 Å². The molecule has 6 heteroatoms. The summed E-state index contributed by atoms with van der Waals surface area (Å²) in [6.45, 7) is 1.95. The molecular weight excluding hydrogens is 333 g/mol. The van der Waals surface area contributed by atoms with Gasteiger partial charge in [-0.3, -0.25) is 10.1 Å². The number of halogens is 1. The SMILES string of the molecule is CC(CC#N)N(C)c1ccc([N+](=O)[O-])cc1I. The van der Waals surface area contributed by atoms with Gasteiger partial charge in [0.05, 0.1) is 23.1 Å². The van der Waals surface area contributed by atoms with Crippen LogP contribution in [-0.4, -0.2) is 18.0 Å². The van der Waals surface area contributed by atoms with E-state index in [2.05, 4.69) is 28.7 Å². The minimum atomic E-state index is -0.412. The first kappa shape index (κ1) is 13.7. The number of nitrogens with zero attached hydrogens (tertiary/aromatic N) is 3. The molecule has 1 unspecified atom stereocenters. The van der Waals surface area contributed by atoms with E-state index in [1.165, 1.54) is 12.1 Å². The summed E-state index contributed by atoms with van der Waals surface area (Å²) in [6, 6.07) is 6.92. The van der Waals surface area contributed by atoms with E-state index in [1.54, 1.807) is 6.07 Å². The number of nitro benzene ring substituents is 1. The number of benzene rings is 1. The second-order valence-electron chi connectivity index (χ2n) is 3.71. The summed E-state index contributed by atoms with van der Waals surface area (Å²) in [7, 11) is 1.88. The fourth-order valence-electron chi connectivity index (χ4n) is 1.40. The van der Waals surface area contributed by atoms with Crippen molar-refractivity contribution in [3.8, 4) is 6.07 Å². The van der Waals surface area contributed by atoms with Crippen LogP contribution in [0.2, 0.25) is 0 Å². The minimum Gasteiger partial charge on any atom is -0.370 e.